The number of hydrogen-bond acceptors (Lipinski definition) is 7. The summed E-state index contributed by atoms with van der Waals surface area (Å²) in [4.78, 5) is 16.0. The summed E-state index contributed by atoms with van der Waals surface area (Å²) in [6, 6.07) is 0. The molecule has 0 aliphatic rings. The second-order valence-corrected chi connectivity index (χ2v) is 5.83. The maximum Gasteiger partial charge on any atom is 0.343 e. The van der Waals surface area contributed by atoms with Crippen molar-refractivity contribution in [3.05, 3.63) is 28.3 Å². The minimum atomic E-state index is -3.58. The van der Waals surface area contributed by atoms with Crippen LogP contribution in [0.4, 0.5) is 5.82 Å². The van der Waals surface area contributed by atoms with Gasteiger partial charge in [0.25, 0.3) is 10.1 Å². The Kier molecular flexibility index (Phi) is 5.22. The average Bonchev–Trinajstić information content (AvgIpc) is 2.68. The van der Waals surface area contributed by atoms with Crippen LogP contribution in [-0.2, 0) is 20.8 Å². The van der Waals surface area contributed by atoms with Crippen LogP contribution in [-0.4, -0.2) is 54.8 Å². The average molecular weight is 304 g/mol. The Labute approximate surface area is 116 Å². The van der Waals surface area contributed by atoms with Gasteiger partial charge in [0.2, 0.25) is 5.82 Å². The first-order valence-corrected chi connectivity index (χ1v) is 7.41. The van der Waals surface area contributed by atoms with Crippen LogP contribution >= 0.6 is 0 Å². The first kappa shape index (κ1) is 16.1. The SMILES string of the molecule is CN(C)C=Cc1ncc([N+](=O)[O-])n1CCOS(C)(=O)=O. The van der Waals surface area contributed by atoms with Gasteiger partial charge < -0.3 is 15.0 Å². The van der Waals surface area contributed by atoms with Crippen LogP contribution in [0.15, 0.2) is 12.4 Å². The molecule has 1 heterocycles. The monoisotopic (exact) mass is 304 g/mol. The summed E-state index contributed by atoms with van der Waals surface area (Å²) in [5, 5.41) is 10.9. The highest BCUT2D eigenvalue weighted by Gasteiger charge is 2.19. The number of aromatic nitrogens is 2. The highest BCUT2D eigenvalue weighted by Crippen LogP contribution is 2.15. The maximum atomic E-state index is 10.9. The molecule has 20 heavy (non-hydrogen) atoms. The van der Waals surface area contributed by atoms with Crippen molar-refractivity contribution in [3.8, 4) is 0 Å². The smallest absolute Gasteiger partial charge is 0.343 e. The minimum absolute atomic E-state index is 0.0104. The normalized spacial score (nSPS) is 11.9. The van der Waals surface area contributed by atoms with Crippen molar-refractivity contribution in [2.24, 2.45) is 0 Å². The van der Waals surface area contributed by atoms with E-state index < -0.39 is 15.0 Å². The molecular weight excluding hydrogens is 288 g/mol. The number of imidazole rings is 1. The zero-order chi connectivity index (χ0) is 15.3. The molecule has 0 aliphatic carbocycles. The molecule has 0 aromatic carbocycles. The van der Waals surface area contributed by atoms with E-state index in [-0.39, 0.29) is 19.0 Å². The Morgan fingerprint density at radius 1 is 1.55 bits per heavy atom. The van der Waals surface area contributed by atoms with Gasteiger partial charge in [-0.25, -0.2) is 9.55 Å². The number of hydrogen-bond donors (Lipinski definition) is 0. The Balaban J connectivity index is 2.94. The Morgan fingerprint density at radius 3 is 2.70 bits per heavy atom. The summed E-state index contributed by atoms with van der Waals surface area (Å²) in [7, 11) is 0.0143. The molecule has 0 atom stereocenters. The van der Waals surface area contributed by atoms with Gasteiger partial charge in [-0.1, -0.05) is 0 Å². The maximum absolute atomic E-state index is 10.9. The highest BCUT2D eigenvalue weighted by atomic mass is 32.2. The predicted molar refractivity (Wildman–Crippen MR) is 72.4 cm³/mol. The molecule has 0 N–H and O–H groups in total. The molecule has 0 unspecified atom stereocenters. The zero-order valence-electron chi connectivity index (χ0n) is 11.4. The fourth-order valence-electron chi connectivity index (χ4n) is 1.38. The number of nitro groups is 1. The molecular formula is C10H16N4O5S. The van der Waals surface area contributed by atoms with E-state index in [1.165, 1.54) is 4.57 Å². The van der Waals surface area contributed by atoms with E-state index in [1.807, 2.05) is 0 Å². The lowest BCUT2D eigenvalue weighted by Gasteiger charge is -2.05. The van der Waals surface area contributed by atoms with Gasteiger partial charge in [0, 0.05) is 26.4 Å². The van der Waals surface area contributed by atoms with Crippen molar-refractivity contribution in [2.45, 2.75) is 6.54 Å². The Bertz CT molecular complexity index is 605. The van der Waals surface area contributed by atoms with Gasteiger partial charge in [0.05, 0.1) is 6.26 Å². The molecule has 1 rings (SSSR count). The highest BCUT2D eigenvalue weighted by molar-refractivity contribution is 7.85. The van der Waals surface area contributed by atoms with Gasteiger partial charge in [-0.3, -0.25) is 4.18 Å². The number of rotatable bonds is 7. The van der Waals surface area contributed by atoms with Crippen molar-refractivity contribution in [1.29, 1.82) is 0 Å². The van der Waals surface area contributed by atoms with E-state index in [4.69, 9.17) is 0 Å². The quantitative estimate of drug-likeness (QED) is 0.405. The van der Waals surface area contributed by atoms with Crippen LogP contribution in [0.2, 0.25) is 0 Å². The van der Waals surface area contributed by atoms with Gasteiger partial charge in [0.1, 0.15) is 19.3 Å². The molecule has 112 valence electrons. The first-order valence-electron chi connectivity index (χ1n) is 5.59. The van der Waals surface area contributed by atoms with Crippen LogP contribution in [0.25, 0.3) is 6.08 Å². The third-order valence-electron chi connectivity index (χ3n) is 2.19. The summed E-state index contributed by atoms with van der Waals surface area (Å²) in [5.41, 5.74) is 0. The van der Waals surface area contributed by atoms with Gasteiger partial charge in [-0.15, -0.1) is 0 Å². The van der Waals surface area contributed by atoms with Crippen LogP contribution in [0.3, 0.4) is 0 Å². The minimum Gasteiger partial charge on any atom is -0.383 e. The van der Waals surface area contributed by atoms with Crippen LogP contribution in [0.1, 0.15) is 5.82 Å². The molecule has 0 radical (unpaired) electrons. The van der Waals surface area contributed by atoms with Crippen LogP contribution in [0.5, 0.6) is 0 Å². The van der Waals surface area contributed by atoms with E-state index in [9.17, 15) is 18.5 Å². The summed E-state index contributed by atoms with van der Waals surface area (Å²) in [5.74, 6) is 0.128. The molecule has 0 amide bonds. The van der Waals surface area contributed by atoms with Gasteiger partial charge in [-0.05, 0) is 4.92 Å². The Morgan fingerprint density at radius 2 is 2.20 bits per heavy atom. The largest absolute Gasteiger partial charge is 0.383 e. The van der Waals surface area contributed by atoms with Gasteiger partial charge >= 0.3 is 5.82 Å². The lowest BCUT2D eigenvalue weighted by molar-refractivity contribution is -0.392. The second kappa shape index (κ2) is 6.48. The lowest BCUT2D eigenvalue weighted by atomic mass is 10.5. The molecule has 10 heteroatoms. The molecule has 0 aliphatic heterocycles. The molecule has 0 fully saturated rings. The van der Waals surface area contributed by atoms with Crippen molar-refractivity contribution in [3.63, 3.8) is 0 Å². The molecule has 0 saturated carbocycles. The van der Waals surface area contributed by atoms with E-state index in [1.54, 1.807) is 31.3 Å². The lowest BCUT2D eigenvalue weighted by Crippen LogP contribution is -2.13. The third kappa shape index (κ3) is 4.97. The third-order valence-corrected chi connectivity index (χ3v) is 2.78. The molecule has 0 saturated heterocycles. The predicted octanol–water partition coefficient (Wildman–Crippen LogP) is 0.300. The first-order chi connectivity index (χ1) is 9.20. The Hall–Kier alpha value is -1.94. The fraction of sp³-hybridized carbons (Fsp3) is 0.500. The van der Waals surface area contributed by atoms with Gasteiger partial charge in [-0.2, -0.15) is 8.42 Å². The summed E-state index contributed by atoms with van der Waals surface area (Å²) in [6.45, 7) is -0.185. The van der Waals surface area contributed by atoms with Crippen molar-refractivity contribution in [2.75, 3.05) is 27.0 Å². The van der Waals surface area contributed by atoms with Crippen LogP contribution < -0.4 is 0 Å². The van der Waals surface area contributed by atoms with Crippen molar-refractivity contribution < 1.29 is 17.5 Å². The van der Waals surface area contributed by atoms with Crippen molar-refractivity contribution in [1.82, 2.24) is 14.5 Å². The van der Waals surface area contributed by atoms with E-state index in [0.29, 0.717) is 5.82 Å². The van der Waals surface area contributed by atoms with Crippen molar-refractivity contribution >= 4 is 22.0 Å². The van der Waals surface area contributed by atoms with Gasteiger partial charge in [0.15, 0.2) is 0 Å². The summed E-state index contributed by atoms with van der Waals surface area (Å²) < 4.78 is 27.6. The van der Waals surface area contributed by atoms with E-state index in [2.05, 4.69) is 9.17 Å². The molecule has 1 aromatic rings. The van der Waals surface area contributed by atoms with E-state index in [0.717, 1.165) is 12.5 Å². The van der Waals surface area contributed by atoms with E-state index >= 15 is 0 Å². The topological polar surface area (TPSA) is 108 Å². The standard InChI is InChI=1S/C10H16N4O5S/c1-12(2)5-4-9-11-8-10(14(15)16)13(9)6-7-19-20(3,17)18/h4-5,8H,6-7H2,1-3H3. The molecule has 0 spiro atoms. The fourth-order valence-corrected chi connectivity index (χ4v) is 1.76. The summed E-state index contributed by atoms with van der Waals surface area (Å²) >= 11 is 0. The zero-order valence-corrected chi connectivity index (χ0v) is 12.2. The molecule has 1 aromatic heterocycles. The summed E-state index contributed by atoms with van der Waals surface area (Å²) in [6.07, 6.45) is 5.31. The molecule has 0 bridgehead atoms. The molecule has 9 nitrogen and oxygen atoms in total. The number of nitrogens with zero attached hydrogens (tertiary/aromatic N) is 4. The second-order valence-electron chi connectivity index (χ2n) is 4.19. The van der Waals surface area contributed by atoms with Crippen LogP contribution in [0, 0.1) is 10.1 Å².